The topological polar surface area (TPSA) is 85.2 Å². The molecule has 0 aliphatic carbocycles. The number of halogens is 2. The predicted octanol–water partition coefficient (Wildman–Crippen LogP) is 0.487. The van der Waals surface area contributed by atoms with Gasteiger partial charge in [0.05, 0.1) is 19.2 Å². The summed E-state index contributed by atoms with van der Waals surface area (Å²) in [5, 5.41) is 0. The Morgan fingerprint density at radius 2 is 2.24 bits per heavy atom. The molecule has 1 aromatic rings. The number of nitrogens with two attached hydrogens (primary N) is 1. The van der Waals surface area contributed by atoms with E-state index >= 15 is 0 Å². The van der Waals surface area contributed by atoms with Crippen LogP contribution in [0.4, 0.5) is 8.78 Å². The predicted molar refractivity (Wildman–Crippen MR) is 55.6 cm³/mol. The summed E-state index contributed by atoms with van der Waals surface area (Å²) in [6.45, 7) is -0.284. The molecule has 1 heterocycles. The molecule has 94 valence electrons. The molecule has 5 nitrogen and oxygen atoms in total. The van der Waals surface area contributed by atoms with E-state index < -0.39 is 23.5 Å². The summed E-state index contributed by atoms with van der Waals surface area (Å²) in [5.74, 6) is -0.624. The Bertz CT molecular complexity index is 471. The molecular formula is C10H12F2N2O3. The fraction of sp³-hybridized carbons (Fsp3) is 0.400. The summed E-state index contributed by atoms with van der Waals surface area (Å²) >= 11 is 0. The summed E-state index contributed by atoms with van der Waals surface area (Å²) in [6.07, 6.45) is -3.12. The van der Waals surface area contributed by atoms with Crippen LogP contribution < -0.4 is 11.2 Å². The van der Waals surface area contributed by atoms with Crippen LogP contribution in [0.25, 0.3) is 0 Å². The summed E-state index contributed by atoms with van der Waals surface area (Å²) in [5.41, 5.74) is 3.97. The van der Waals surface area contributed by atoms with Crippen LogP contribution in [0, 0.1) is 0 Å². The lowest BCUT2D eigenvalue weighted by Gasteiger charge is -2.09. The molecule has 0 saturated heterocycles. The summed E-state index contributed by atoms with van der Waals surface area (Å²) < 4.78 is 29.7. The van der Waals surface area contributed by atoms with Crippen molar-refractivity contribution in [1.82, 2.24) is 4.98 Å². The number of hydrogen-bond acceptors (Lipinski definition) is 4. The fourth-order valence-corrected chi connectivity index (χ4v) is 1.38. The van der Waals surface area contributed by atoms with Crippen molar-refractivity contribution < 1.29 is 18.3 Å². The van der Waals surface area contributed by atoms with Crippen LogP contribution in [0.5, 0.6) is 0 Å². The van der Waals surface area contributed by atoms with E-state index in [4.69, 9.17) is 5.73 Å². The average molecular weight is 246 g/mol. The number of methoxy groups -OCH3 is 1. The van der Waals surface area contributed by atoms with Gasteiger partial charge in [-0.3, -0.25) is 9.59 Å². The zero-order valence-corrected chi connectivity index (χ0v) is 9.13. The lowest BCUT2D eigenvalue weighted by molar-refractivity contribution is -0.139. The molecule has 0 saturated carbocycles. The molecule has 0 fully saturated rings. The van der Waals surface area contributed by atoms with Crippen molar-refractivity contribution >= 4 is 5.97 Å². The van der Waals surface area contributed by atoms with E-state index in [9.17, 15) is 18.4 Å². The van der Waals surface area contributed by atoms with Gasteiger partial charge in [0.2, 0.25) is 0 Å². The van der Waals surface area contributed by atoms with Crippen molar-refractivity contribution in [3.05, 3.63) is 33.2 Å². The van der Waals surface area contributed by atoms with E-state index in [1.165, 1.54) is 7.11 Å². The molecule has 0 amide bonds. The summed E-state index contributed by atoms with van der Waals surface area (Å²) in [6, 6.07) is 1.07. The molecule has 0 unspecified atom stereocenters. The first-order chi connectivity index (χ1) is 7.99. The molecule has 17 heavy (non-hydrogen) atoms. The highest BCUT2D eigenvalue weighted by atomic mass is 19.3. The minimum absolute atomic E-state index is 0.0781. The van der Waals surface area contributed by atoms with Crippen LogP contribution in [-0.2, 0) is 22.5 Å². The van der Waals surface area contributed by atoms with Crippen molar-refractivity contribution in [1.29, 1.82) is 0 Å². The van der Waals surface area contributed by atoms with Crippen molar-refractivity contribution in [2.24, 2.45) is 5.73 Å². The molecule has 0 atom stereocenters. The molecular weight excluding hydrogens is 234 g/mol. The Balaban J connectivity index is 3.20. The Labute approximate surface area is 95.6 Å². The second kappa shape index (κ2) is 5.53. The number of alkyl halides is 2. The van der Waals surface area contributed by atoms with Crippen LogP contribution in [-0.4, -0.2) is 18.1 Å². The number of H-pyrrole nitrogens is 1. The van der Waals surface area contributed by atoms with Gasteiger partial charge in [0.25, 0.3) is 6.43 Å². The van der Waals surface area contributed by atoms with E-state index in [-0.39, 0.29) is 24.2 Å². The molecule has 1 aromatic heterocycles. The smallest absolute Gasteiger partial charge is 0.311 e. The van der Waals surface area contributed by atoms with Gasteiger partial charge < -0.3 is 15.5 Å². The molecule has 1 rings (SSSR count). The van der Waals surface area contributed by atoms with Crippen molar-refractivity contribution in [3.63, 3.8) is 0 Å². The van der Waals surface area contributed by atoms with Crippen LogP contribution >= 0.6 is 0 Å². The molecule has 0 aromatic carbocycles. The number of esters is 1. The van der Waals surface area contributed by atoms with Crippen molar-refractivity contribution in [2.45, 2.75) is 19.4 Å². The molecule has 0 aliphatic heterocycles. The lowest BCUT2D eigenvalue weighted by atomic mass is 10.1. The highest BCUT2D eigenvalue weighted by Gasteiger charge is 2.17. The normalized spacial score (nSPS) is 10.6. The molecule has 0 spiro atoms. The Kier molecular flexibility index (Phi) is 4.33. The number of rotatable bonds is 4. The van der Waals surface area contributed by atoms with Gasteiger partial charge >= 0.3 is 5.97 Å². The van der Waals surface area contributed by atoms with Gasteiger partial charge in [-0.1, -0.05) is 0 Å². The quantitative estimate of drug-likeness (QED) is 0.757. The molecule has 3 N–H and O–H groups in total. The van der Waals surface area contributed by atoms with Gasteiger partial charge in [-0.25, -0.2) is 8.78 Å². The summed E-state index contributed by atoms with van der Waals surface area (Å²) in [4.78, 5) is 24.8. The minimum Gasteiger partial charge on any atom is -0.469 e. The van der Waals surface area contributed by atoms with Crippen LogP contribution in [0.2, 0.25) is 0 Å². The van der Waals surface area contributed by atoms with E-state index in [0.717, 1.165) is 6.07 Å². The second-order valence-corrected chi connectivity index (χ2v) is 3.31. The zero-order chi connectivity index (χ0) is 13.0. The first-order valence-electron chi connectivity index (χ1n) is 4.79. The number of nitrogens with one attached hydrogen (secondary N) is 1. The fourth-order valence-electron chi connectivity index (χ4n) is 1.38. The van der Waals surface area contributed by atoms with Crippen LogP contribution in [0.15, 0.2) is 10.9 Å². The average Bonchev–Trinajstić information content (AvgIpc) is 2.28. The molecule has 0 aliphatic rings. The van der Waals surface area contributed by atoms with Gasteiger partial charge in [0.15, 0.2) is 5.43 Å². The number of ether oxygens (including phenoxy) is 1. The Morgan fingerprint density at radius 3 is 2.71 bits per heavy atom. The third-order valence-corrected chi connectivity index (χ3v) is 2.21. The van der Waals surface area contributed by atoms with Gasteiger partial charge in [-0.2, -0.15) is 0 Å². The van der Waals surface area contributed by atoms with Gasteiger partial charge in [-0.05, 0) is 0 Å². The highest BCUT2D eigenvalue weighted by molar-refractivity contribution is 5.71. The Hall–Kier alpha value is -1.76. The molecule has 7 heteroatoms. The maximum Gasteiger partial charge on any atom is 0.311 e. The number of carbonyl (C=O) groups is 1. The Morgan fingerprint density at radius 1 is 1.59 bits per heavy atom. The SMILES string of the molecule is COC(=O)Cc1cc(=O)c(CN)c(C(F)F)[nH]1. The molecule has 0 radical (unpaired) electrons. The van der Waals surface area contributed by atoms with E-state index in [2.05, 4.69) is 9.72 Å². The second-order valence-electron chi connectivity index (χ2n) is 3.31. The zero-order valence-electron chi connectivity index (χ0n) is 9.13. The monoisotopic (exact) mass is 246 g/mol. The maximum atomic E-state index is 12.7. The first kappa shape index (κ1) is 13.3. The number of aromatic nitrogens is 1. The number of hydrogen-bond donors (Lipinski definition) is 2. The van der Waals surface area contributed by atoms with Gasteiger partial charge in [0, 0.05) is 23.9 Å². The van der Waals surface area contributed by atoms with E-state index in [1.807, 2.05) is 0 Å². The highest BCUT2D eigenvalue weighted by Crippen LogP contribution is 2.18. The standard InChI is InChI=1S/C10H12F2N2O3/c1-17-8(16)3-5-2-7(15)6(4-13)9(14-5)10(11)12/h2,10H,3-4,13H2,1H3,(H,14,15). The van der Waals surface area contributed by atoms with Crippen molar-refractivity contribution in [2.75, 3.05) is 7.11 Å². The number of carbonyl (C=O) groups excluding carboxylic acids is 1. The number of pyridine rings is 1. The lowest BCUT2D eigenvalue weighted by Crippen LogP contribution is -2.20. The molecule has 0 bridgehead atoms. The van der Waals surface area contributed by atoms with Gasteiger partial charge in [-0.15, -0.1) is 0 Å². The van der Waals surface area contributed by atoms with E-state index in [1.54, 1.807) is 0 Å². The van der Waals surface area contributed by atoms with Crippen molar-refractivity contribution in [3.8, 4) is 0 Å². The summed E-state index contributed by atoms with van der Waals surface area (Å²) in [7, 11) is 1.17. The van der Waals surface area contributed by atoms with Crippen LogP contribution in [0.3, 0.4) is 0 Å². The third kappa shape index (κ3) is 3.10. The first-order valence-corrected chi connectivity index (χ1v) is 4.79. The third-order valence-electron chi connectivity index (χ3n) is 2.21. The van der Waals surface area contributed by atoms with Crippen LogP contribution in [0.1, 0.15) is 23.4 Å². The largest absolute Gasteiger partial charge is 0.469 e. The maximum absolute atomic E-state index is 12.7. The van der Waals surface area contributed by atoms with Gasteiger partial charge in [0.1, 0.15) is 0 Å². The van der Waals surface area contributed by atoms with E-state index in [0.29, 0.717) is 0 Å². The number of aromatic amines is 1. The minimum atomic E-state index is -2.85.